The lowest BCUT2D eigenvalue weighted by Crippen LogP contribution is -2.41. The Balaban J connectivity index is 0.00000387. The molecule has 6 nitrogen and oxygen atoms in total. The molecule has 0 unspecified atom stereocenters. The number of benzene rings is 3. The van der Waals surface area contributed by atoms with Crippen LogP contribution in [0.15, 0.2) is 83.9 Å². The highest BCUT2D eigenvalue weighted by Crippen LogP contribution is 2.25. The molecule has 214 valence electrons. The molecule has 3 aromatic carbocycles. The minimum Gasteiger partial charge on any atom is -0.492 e. The molecule has 41 heavy (non-hydrogen) atoms. The van der Waals surface area contributed by atoms with Crippen LogP contribution in [0.25, 0.3) is 12.2 Å². The average Bonchev–Trinajstić information content (AvgIpc) is 2.98. The topological polar surface area (TPSA) is 59.1 Å². The minimum absolute atomic E-state index is 0. The van der Waals surface area contributed by atoms with E-state index in [2.05, 4.69) is 4.90 Å². The maximum Gasteiger partial charge on any atom is 0.254 e. The molecule has 1 amide bonds. The smallest absolute Gasteiger partial charge is 0.254 e. The summed E-state index contributed by atoms with van der Waals surface area (Å²) in [5.41, 5.74) is 3.28. The number of nitrogens with zero attached hydrogens (tertiary/aromatic N) is 2. The van der Waals surface area contributed by atoms with Gasteiger partial charge in [-0.1, -0.05) is 47.5 Å². The fourth-order valence-electron chi connectivity index (χ4n) is 4.70. The lowest BCUT2D eigenvalue weighted by atomic mass is 9.93. The van der Waals surface area contributed by atoms with E-state index in [0.717, 1.165) is 44.0 Å². The number of piperidine rings is 1. The Morgan fingerprint density at radius 3 is 1.83 bits per heavy atom. The molecule has 3 aromatic rings. The monoisotopic (exact) mass is 612 g/mol. The highest BCUT2D eigenvalue weighted by atomic mass is 35.5. The van der Waals surface area contributed by atoms with Crippen molar-refractivity contribution in [3.8, 4) is 5.75 Å². The van der Waals surface area contributed by atoms with Crippen LogP contribution >= 0.6 is 35.6 Å². The Bertz CT molecular complexity index is 1330. The van der Waals surface area contributed by atoms with Gasteiger partial charge in [0.2, 0.25) is 0 Å². The second-order valence-electron chi connectivity index (χ2n) is 9.76. The molecule has 2 aliphatic heterocycles. The molecule has 0 saturated carbocycles. The average molecular weight is 614 g/mol. The first-order chi connectivity index (χ1) is 19.4. The largest absolute Gasteiger partial charge is 0.492 e. The molecule has 0 bridgehead atoms. The zero-order chi connectivity index (χ0) is 27.9. The molecule has 5 rings (SSSR count). The first-order valence-electron chi connectivity index (χ1n) is 13.2. The van der Waals surface area contributed by atoms with Crippen LogP contribution in [0.5, 0.6) is 5.75 Å². The van der Waals surface area contributed by atoms with Crippen molar-refractivity contribution in [2.45, 2.75) is 0 Å². The van der Waals surface area contributed by atoms with E-state index in [4.69, 9.17) is 32.7 Å². The molecular formula is C32H31Cl3N2O4. The zero-order valence-electron chi connectivity index (χ0n) is 22.4. The van der Waals surface area contributed by atoms with Gasteiger partial charge in [-0.25, -0.2) is 0 Å². The molecule has 2 heterocycles. The molecule has 0 aliphatic carbocycles. The van der Waals surface area contributed by atoms with E-state index < -0.39 is 0 Å². The molecule has 0 radical (unpaired) electrons. The number of Topliss-reactive ketones (excluding diaryl/α,β-unsaturated/α-hetero) is 1. The van der Waals surface area contributed by atoms with Crippen molar-refractivity contribution in [2.24, 2.45) is 0 Å². The summed E-state index contributed by atoms with van der Waals surface area (Å²) in [5.74, 6) is 0.472. The predicted molar refractivity (Wildman–Crippen MR) is 166 cm³/mol. The van der Waals surface area contributed by atoms with E-state index in [9.17, 15) is 9.59 Å². The van der Waals surface area contributed by atoms with Crippen LogP contribution in [0.2, 0.25) is 10.0 Å². The van der Waals surface area contributed by atoms with Gasteiger partial charge in [0, 0.05) is 46.4 Å². The molecule has 0 atom stereocenters. The number of rotatable bonds is 7. The van der Waals surface area contributed by atoms with E-state index in [-0.39, 0.29) is 37.2 Å². The minimum atomic E-state index is -0.156. The second-order valence-corrected chi connectivity index (χ2v) is 10.6. The van der Waals surface area contributed by atoms with Gasteiger partial charge >= 0.3 is 0 Å². The third kappa shape index (κ3) is 8.44. The molecule has 0 aromatic heterocycles. The zero-order valence-corrected chi connectivity index (χ0v) is 24.8. The lowest BCUT2D eigenvalue weighted by molar-refractivity contribution is -0.113. The van der Waals surface area contributed by atoms with E-state index >= 15 is 0 Å². The second kappa shape index (κ2) is 14.7. The van der Waals surface area contributed by atoms with Crippen molar-refractivity contribution >= 4 is 59.5 Å². The van der Waals surface area contributed by atoms with Gasteiger partial charge in [0.15, 0.2) is 5.78 Å². The number of hydrogen-bond donors (Lipinski definition) is 0. The third-order valence-corrected chi connectivity index (χ3v) is 7.40. The Kier molecular flexibility index (Phi) is 11.0. The maximum absolute atomic E-state index is 13.6. The number of amides is 1. The number of likely N-dealkylation sites (tertiary alicyclic amines) is 1. The highest BCUT2D eigenvalue weighted by molar-refractivity contribution is 6.31. The van der Waals surface area contributed by atoms with Gasteiger partial charge in [0.25, 0.3) is 5.91 Å². The summed E-state index contributed by atoms with van der Waals surface area (Å²) >= 11 is 12.1. The Labute approximate surface area is 256 Å². The van der Waals surface area contributed by atoms with Crippen LogP contribution in [0, 0.1) is 0 Å². The number of ketones is 1. The van der Waals surface area contributed by atoms with Crippen LogP contribution in [0.1, 0.15) is 21.5 Å². The van der Waals surface area contributed by atoms with Crippen molar-refractivity contribution in [1.29, 1.82) is 0 Å². The van der Waals surface area contributed by atoms with Crippen molar-refractivity contribution in [1.82, 2.24) is 9.80 Å². The standard InChI is InChI=1S/C32H30Cl2N2O4.ClH/c33-28-7-1-23(2-8-28)19-26-21-36(22-27(31(26)37)20-24-3-9-29(34)10-4-24)32(38)25-5-11-30(12-6-25)40-18-15-35-13-16-39-17-14-35;/h1-12,19-20H,13-18,21-22H2;1H/b26-19+,27-20+;. The Morgan fingerprint density at radius 2 is 1.32 bits per heavy atom. The molecule has 2 saturated heterocycles. The van der Waals surface area contributed by atoms with Gasteiger partial charge in [0.05, 0.1) is 26.3 Å². The van der Waals surface area contributed by atoms with Gasteiger partial charge < -0.3 is 14.4 Å². The first-order valence-corrected chi connectivity index (χ1v) is 14.0. The molecule has 0 spiro atoms. The van der Waals surface area contributed by atoms with Crippen LogP contribution in [0.4, 0.5) is 0 Å². The highest BCUT2D eigenvalue weighted by Gasteiger charge is 2.29. The van der Waals surface area contributed by atoms with E-state index in [1.165, 1.54) is 0 Å². The van der Waals surface area contributed by atoms with Crippen molar-refractivity contribution in [2.75, 3.05) is 52.5 Å². The first kappa shape index (κ1) is 30.8. The van der Waals surface area contributed by atoms with Crippen LogP contribution < -0.4 is 4.74 Å². The van der Waals surface area contributed by atoms with Gasteiger partial charge in [0.1, 0.15) is 12.4 Å². The summed E-state index contributed by atoms with van der Waals surface area (Å²) in [7, 11) is 0. The summed E-state index contributed by atoms with van der Waals surface area (Å²) in [6.07, 6.45) is 3.64. The number of carbonyl (C=O) groups excluding carboxylic acids is 2. The van der Waals surface area contributed by atoms with Crippen LogP contribution in [0.3, 0.4) is 0 Å². The number of morpholine rings is 1. The van der Waals surface area contributed by atoms with Gasteiger partial charge in [-0.2, -0.15) is 0 Å². The van der Waals surface area contributed by atoms with E-state index in [1.807, 2.05) is 48.6 Å². The van der Waals surface area contributed by atoms with E-state index in [1.54, 1.807) is 41.3 Å². The van der Waals surface area contributed by atoms with Gasteiger partial charge in [-0.15, -0.1) is 12.4 Å². The maximum atomic E-state index is 13.6. The predicted octanol–water partition coefficient (Wildman–Crippen LogP) is 6.32. The van der Waals surface area contributed by atoms with E-state index in [0.29, 0.717) is 39.1 Å². The summed E-state index contributed by atoms with van der Waals surface area (Å²) < 4.78 is 11.3. The number of halogens is 3. The van der Waals surface area contributed by atoms with Crippen molar-refractivity contribution in [3.63, 3.8) is 0 Å². The van der Waals surface area contributed by atoms with Crippen LogP contribution in [-0.2, 0) is 9.53 Å². The van der Waals surface area contributed by atoms with Crippen molar-refractivity contribution in [3.05, 3.63) is 111 Å². The quantitative estimate of drug-likeness (QED) is 0.292. The lowest BCUT2D eigenvalue weighted by Gasteiger charge is -2.30. The Morgan fingerprint density at radius 1 is 0.805 bits per heavy atom. The number of hydrogen-bond acceptors (Lipinski definition) is 5. The van der Waals surface area contributed by atoms with Gasteiger partial charge in [-0.3, -0.25) is 14.5 Å². The SMILES string of the molecule is Cl.O=C1/C(=C/c2ccc(Cl)cc2)CN(C(=O)c2ccc(OCCN3CCOCC3)cc2)C/C1=C\c1ccc(Cl)cc1. The van der Waals surface area contributed by atoms with Crippen LogP contribution in [-0.4, -0.2) is 74.0 Å². The summed E-state index contributed by atoms with van der Waals surface area (Å²) in [4.78, 5) is 31.1. The molecule has 0 N–H and O–H groups in total. The molecule has 2 fully saturated rings. The summed E-state index contributed by atoms with van der Waals surface area (Å²) in [5, 5.41) is 1.23. The third-order valence-electron chi connectivity index (χ3n) is 6.90. The van der Waals surface area contributed by atoms with Crippen molar-refractivity contribution < 1.29 is 19.1 Å². The normalized spacial score (nSPS) is 17.9. The molecular weight excluding hydrogens is 583 g/mol. The molecule has 2 aliphatic rings. The fourth-order valence-corrected chi connectivity index (χ4v) is 4.95. The summed E-state index contributed by atoms with van der Waals surface area (Å²) in [6, 6.07) is 21.7. The number of ether oxygens (including phenoxy) is 2. The fraction of sp³-hybridized carbons (Fsp3) is 0.250. The summed E-state index contributed by atoms with van der Waals surface area (Å²) in [6.45, 7) is 5.15. The molecule has 9 heteroatoms. The number of carbonyl (C=O) groups is 2. The Hall–Kier alpha value is -3.13. The van der Waals surface area contributed by atoms with Gasteiger partial charge in [-0.05, 0) is 71.8 Å².